The van der Waals surface area contributed by atoms with E-state index in [-0.39, 0.29) is 0 Å². The summed E-state index contributed by atoms with van der Waals surface area (Å²) in [6.07, 6.45) is -14.9. The molecule has 0 saturated heterocycles. The molecule has 0 N–H and O–H groups in total. The number of hydrogen-bond donors (Lipinski definition) is 0. The van der Waals surface area contributed by atoms with Crippen LogP contribution in [-0.2, 0) is 9.53 Å². The van der Waals surface area contributed by atoms with Crippen molar-refractivity contribution < 1.29 is 92.9 Å². The maximum Gasteiger partial charge on any atom is 0.453 e. The molecule has 0 aliphatic carbocycles. The van der Waals surface area contributed by atoms with Crippen LogP contribution in [0.25, 0.3) is 0 Å². The molecular weight excluding hydrogens is 585 g/mol. The van der Waals surface area contributed by atoms with E-state index in [1.807, 2.05) is 0 Å². The third-order valence-corrected chi connectivity index (χ3v) is 4.35. The number of halogens is 19. The third kappa shape index (κ3) is 5.68. The summed E-state index contributed by atoms with van der Waals surface area (Å²) in [5, 5.41) is 0. The zero-order chi connectivity index (χ0) is 30.5. The van der Waals surface area contributed by atoms with Gasteiger partial charge in [-0.3, -0.25) is 0 Å². The first-order chi connectivity index (χ1) is 15.8. The predicted octanol–water partition coefficient (Wildman–Crippen LogP) is 7.53. The van der Waals surface area contributed by atoms with Crippen LogP contribution in [0.1, 0.15) is 19.8 Å². The zero-order valence-corrected chi connectivity index (χ0v) is 17.3. The molecule has 0 aliphatic heterocycles. The van der Waals surface area contributed by atoms with Crippen LogP contribution in [0.4, 0.5) is 83.4 Å². The Hall–Kier alpha value is -2.12. The minimum atomic E-state index is -8.67. The summed E-state index contributed by atoms with van der Waals surface area (Å²) in [7, 11) is 0. The molecule has 0 heterocycles. The second-order valence-electron chi connectivity index (χ2n) is 7.33. The summed E-state index contributed by atoms with van der Waals surface area (Å²) < 4.78 is 255. The lowest BCUT2D eigenvalue weighted by molar-refractivity contribution is -0.445. The summed E-state index contributed by atoms with van der Waals surface area (Å²) >= 11 is 0. The fourth-order valence-corrected chi connectivity index (χ4v) is 2.09. The molecule has 0 unspecified atom stereocenters. The largest absolute Gasteiger partial charge is 0.462 e. The number of alkyl halides is 19. The number of rotatable bonds is 12. The van der Waals surface area contributed by atoms with E-state index in [2.05, 4.69) is 11.3 Å². The number of carbonyl (C=O) groups excluding carboxylic acids is 1. The van der Waals surface area contributed by atoms with E-state index in [9.17, 15) is 88.2 Å². The quantitative estimate of drug-likeness (QED) is 0.132. The zero-order valence-electron chi connectivity index (χ0n) is 17.3. The van der Waals surface area contributed by atoms with Gasteiger partial charge in [-0.05, 0) is 6.92 Å². The molecule has 220 valence electrons. The molecule has 0 rings (SSSR count). The Kier molecular flexibility index (Phi) is 9.02. The molecule has 0 aliphatic rings. The van der Waals surface area contributed by atoms with Gasteiger partial charge < -0.3 is 4.74 Å². The van der Waals surface area contributed by atoms with Crippen molar-refractivity contribution in [2.45, 2.75) is 73.3 Å². The average molecular weight is 596 g/mol. The van der Waals surface area contributed by atoms with Crippen molar-refractivity contribution in [2.24, 2.45) is 0 Å². The van der Waals surface area contributed by atoms with Gasteiger partial charge in [0.25, 0.3) is 0 Å². The highest BCUT2D eigenvalue weighted by Crippen LogP contribution is 2.63. The van der Waals surface area contributed by atoms with Gasteiger partial charge in [0.2, 0.25) is 0 Å². The lowest BCUT2D eigenvalue weighted by Gasteiger charge is -2.43. The van der Waals surface area contributed by atoms with Crippen molar-refractivity contribution in [3.63, 3.8) is 0 Å². The number of ether oxygens (including phenoxy) is 1. The van der Waals surface area contributed by atoms with Gasteiger partial charge in [-0.1, -0.05) is 6.58 Å². The van der Waals surface area contributed by atoms with Crippen molar-refractivity contribution in [2.75, 3.05) is 6.61 Å². The number of carbonyl (C=O) groups is 1. The second kappa shape index (κ2) is 9.57. The summed E-state index contributed by atoms with van der Waals surface area (Å²) in [5.41, 5.74) is -0.620. The van der Waals surface area contributed by atoms with Crippen LogP contribution in [0.3, 0.4) is 0 Å². The Labute approximate surface area is 192 Å². The van der Waals surface area contributed by atoms with Crippen LogP contribution in [0, 0.1) is 0 Å². The van der Waals surface area contributed by atoms with Crippen molar-refractivity contribution >= 4 is 5.97 Å². The van der Waals surface area contributed by atoms with Crippen LogP contribution >= 0.6 is 0 Å². The van der Waals surface area contributed by atoms with Gasteiger partial charge in [-0.15, -0.1) is 0 Å². The van der Waals surface area contributed by atoms with E-state index in [1.165, 1.54) is 0 Å². The molecule has 0 spiro atoms. The summed E-state index contributed by atoms with van der Waals surface area (Å²) in [5.74, 6) is -65.0. The maximum absolute atomic E-state index is 13.6. The lowest BCUT2D eigenvalue weighted by Crippen LogP contribution is -2.73. The fraction of sp³-hybridized carbons (Fsp3) is 0.812. The highest BCUT2D eigenvalue weighted by Gasteiger charge is 2.93. The highest BCUT2D eigenvalue weighted by atomic mass is 19.4. The van der Waals surface area contributed by atoms with Crippen LogP contribution < -0.4 is 0 Å². The molecule has 0 bridgehead atoms. The van der Waals surface area contributed by atoms with Crippen molar-refractivity contribution in [3.8, 4) is 0 Å². The van der Waals surface area contributed by atoms with Gasteiger partial charge in [-0.2, -0.15) is 83.4 Å². The topological polar surface area (TPSA) is 26.3 Å². The molecule has 0 amide bonds. The van der Waals surface area contributed by atoms with Crippen LogP contribution in [0.2, 0.25) is 0 Å². The van der Waals surface area contributed by atoms with Gasteiger partial charge in [0.05, 0.1) is 19.4 Å². The van der Waals surface area contributed by atoms with E-state index < -0.39 is 84.5 Å². The minimum Gasteiger partial charge on any atom is -0.462 e. The Morgan fingerprint density at radius 2 is 0.892 bits per heavy atom. The normalized spacial score (nSPS) is 15.6. The van der Waals surface area contributed by atoms with Crippen LogP contribution in [0.15, 0.2) is 12.2 Å². The molecule has 0 saturated carbocycles. The molecule has 0 aromatic carbocycles. The Morgan fingerprint density at radius 1 is 0.568 bits per heavy atom. The van der Waals surface area contributed by atoms with E-state index in [1.54, 1.807) is 0 Å². The average Bonchev–Trinajstić information content (AvgIpc) is 2.64. The van der Waals surface area contributed by atoms with Gasteiger partial charge in [0, 0.05) is 5.57 Å². The summed E-state index contributed by atoms with van der Waals surface area (Å²) in [4.78, 5) is 10.9. The Bertz CT molecular complexity index is 855. The SMILES string of the molecule is C=C(C)C(=O)OCCC(F)(F)C(F)(F)C(F)(F)C(F)(F)C(F)(F)C(F)(F)C(F)(F)CC(F)(F)C(F)(F)F. The minimum absolute atomic E-state index is 0.620. The van der Waals surface area contributed by atoms with Gasteiger partial charge in [0.1, 0.15) is 0 Å². The standard InChI is InChI=1S/C16H11F19O2/c1-6(2)7(36)37-4-3-8(17,18)11(23,24)13(27,28)15(31,32)14(29,30)12(25,26)9(19,20)5-10(21,22)16(33,34)35/h1,3-5H2,2H3. The number of esters is 1. The van der Waals surface area contributed by atoms with E-state index >= 15 is 0 Å². The molecule has 0 aromatic heterocycles. The molecule has 0 atom stereocenters. The van der Waals surface area contributed by atoms with Crippen molar-refractivity contribution in [3.05, 3.63) is 12.2 Å². The first kappa shape index (κ1) is 34.9. The molecule has 0 aromatic rings. The molecular formula is C16H11F19O2. The van der Waals surface area contributed by atoms with Gasteiger partial charge in [0.15, 0.2) is 0 Å². The van der Waals surface area contributed by atoms with E-state index in [0.717, 1.165) is 6.92 Å². The predicted molar refractivity (Wildman–Crippen MR) is 80.6 cm³/mol. The Morgan fingerprint density at radius 3 is 1.22 bits per heavy atom. The monoisotopic (exact) mass is 596 g/mol. The van der Waals surface area contributed by atoms with Crippen LogP contribution in [-0.4, -0.2) is 66.1 Å². The van der Waals surface area contributed by atoms with Gasteiger partial charge >= 0.3 is 59.5 Å². The fourth-order valence-electron chi connectivity index (χ4n) is 2.09. The smallest absolute Gasteiger partial charge is 0.453 e. The first-order valence-corrected chi connectivity index (χ1v) is 8.70. The molecule has 0 radical (unpaired) electrons. The van der Waals surface area contributed by atoms with E-state index in [4.69, 9.17) is 0 Å². The van der Waals surface area contributed by atoms with Crippen molar-refractivity contribution in [1.82, 2.24) is 0 Å². The second-order valence-corrected chi connectivity index (χ2v) is 7.33. The highest BCUT2D eigenvalue weighted by molar-refractivity contribution is 5.86. The number of hydrogen-bond acceptors (Lipinski definition) is 2. The van der Waals surface area contributed by atoms with Crippen LogP contribution in [0.5, 0.6) is 0 Å². The molecule has 21 heteroatoms. The maximum atomic E-state index is 13.6. The van der Waals surface area contributed by atoms with E-state index in [0.29, 0.717) is 0 Å². The molecule has 37 heavy (non-hydrogen) atoms. The molecule has 2 nitrogen and oxygen atoms in total. The van der Waals surface area contributed by atoms with Crippen molar-refractivity contribution in [1.29, 1.82) is 0 Å². The summed E-state index contributed by atoms with van der Waals surface area (Å²) in [6.45, 7) is 1.63. The Balaban J connectivity index is 6.45. The lowest BCUT2D eigenvalue weighted by atomic mass is 9.87. The third-order valence-electron chi connectivity index (χ3n) is 4.35. The van der Waals surface area contributed by atoms with Gasteiger partial charge in [-0.25, -0.2) is 4.79 Å². The first-order valence-electron chi connectivity index (χ1n) is 8.70. The summed E-state index contributed by atoms with van der Waals surface area (Å²) in [6, 6.07) is 0. The molecule has 0 fully saturated rings.